The molecule has 2 aromatic rings. The Hall–Kier alpha value is -1.99. The van der Waals surface area contributed by atoms with Gasteiger partial charge in [0, 0.05) is 36.6 Å². The SMILES string of the molecule is CCc1ccc(-c2nc(C[S@](=O)CC(=O)NCCCOC)c(C)o2)cc1. The molecular weight excluding hydrogens is 352 g/mol. The number of oxazole rings is 1. The van der Waals surface area contributed by atoms with Gasteiger partial charge in [-0.2, -0.15) is 0 Å². The molecule has 1 aromatic carbocycles. The van der Waals surface area contributed by atoms with Crippen LogP contribution in [-0.2, 0) is 32.5 Å². The maximum Gasteiger partial charge on any atom is 0.232 e. The Morgan fingerprint density at radius 1 is 1.31 bits per heavy atom. The fourth-order valence-corrected chi connectivity index (χ4v) is 3.48. The van der Waals surface area contributed by atoms with Gasteiger partial charge in [-0.3, -0.25) is 9.00 Å². The Labute approximate surface area is 156 Å². The number of aromatic nitrogens is 1. The van der Waals surface area contributed by atoms with Crippen molar-refractivity contribution < 1.29 is 18.2 Å². The van der Waals surface area contributed by atoms with Gasteiger partial charge in [0.05, 0.1) is 11.4 Å². The zero-order valence-corrected chi connectivity index (χ0v) is 16.4. The highest BCUT2D eigenvalue weighted by atomic mass is 32.2. The van der Waals surface area contributed by atoms with Crippen LogP contribution < -0.4 is 5.32 Å². The summed E-state index contributed by atoms with van der Waals surface area (Å²) >= 11 is 0. The Morgan fingerprint density at radius 2 is 2.04 bits per heavy atom. The highest BCUT2D eigenvalue weighted by Gasteiger charge is 2.16. The van der Waals surface area contributed by atoms with Gasteiger partial charge in [0.15, 0.2) is 0 Å². The number of amides is 1. The van der Waals surface area contributed by atoms with Gasteiger partial charge in [-0.1, -0.05) is 19.1 Å². The molecule has 26 heavy (non-hydrogen) atoms. The molecule has 6 nitrogen and oxygen atoms in total. The van der Waals surface area contributed by atoms with Crippen molar-refractivity contribution in [1.29, 1.82) is 0 Å². The number of rotatable bonds is 10. The lowest BCUT2D eigenvalue weighted by molar-refractivity contribution is -0.118. The molecule has 0 fully saturated rings. The van der Waals surface area contributed by atoms with E-state index in [2.05, 4.69) is 17.2 Å². The van der Waals surface area contributed by atoms with E-state index < -0.39 is 10.8 Å². The van der Waals surface area contributed by atoms with Gasteiger partial charge in [-0.25, -0.2) is 4.98 Å². The topological polar surface area (TPSA) is 81.4 Å². The molecule has 1 amide bonds. The van der Waals surface area contributed by atoms with E-state index in [1.165, 1.54) is 5.56 Å². The lowest BCUT2D eigenvalue weighted by Gasteiger charge is -2.04. The van der Waals surface area contributed by atoms with Crippen LogP contribution in [0.2, 0.25) is 0 Å². The Morgan fingerprint density at radius 3 is 2.69 bits per heavy atom. The number of nitrogens with one attached hydrogen (secondary N) is 1. The molecule has 1 heterocycles. The maximum atomic E-state index is 12.2. The molecule has 1 N–H and O–H groups in total. The quantitative estimate of drug-likeness (QED) is 0.643. The molecule has 1 aromatic heterocycles. The third-order valence-electron chi connectivity index (χ3n) is 3.94. The number of benzene rings is 1. The fourth-order valence-electron chi connectivity index (χ4n) is 2.41. The van der Waals surface area contributed by atoms with Crippen LogP contribution >= 0.6 is 0 Å². The second-order valence-electron chi connectivity index (χ2n) is 6.00. The van der Waals surface area contributed by atoms with Gasteiger partial charge in [0.25, 0.3) is 0 Å². The van der Waals surface area contributed by atoms with Crippen molar-refractivity contribution in [1.82, 2.24) is 10.3 Å². The summed E-state index contributed by atoms with van der Waals surface area (Å²) in [6.07, 6.45) is 1.71. The molecule has 0 aliphatic rings. The molecule has 0 saturated carbocycles. The predicted molar refractivity (Wildman–Crippen MR) is 102 cm³/mol. The summed E-state index contributed by atoms with van der Waals surface area (Å²) in [6, 6.07) is 8.03. The van der Waals surface area contributed by atoms with Crippen LogP contribution in [0.15, 0.2) is 28.7 Å². The van der Waals surface area contributed by atoms with Crippen molar-refractivity contribution in [2.24, 2.45) is 0 Å². The summed E-state index contributed by atoms with van der Waals surface area (Å²) < 4.78 is 22.9. The van der Waals surface area contributed by atoms with Gasteiger partial charge < -0.3 is 14.5 Å². The number of nitrogens with zero attached hydrogens (tertiary/aromatic N) is 1. The molecule has 1 atom stereocenters. The summed E-state index contributed by atoms with van der Waals surface area (Å²) in [5.74, 6) is 1.08. The standard InChI is InChI=1S/C19H26N2O4S/c1-4-15-6-8-16(9-7-15)19-21-17(14(2)25-19)12-26(23)13-18(22)20-10-5-11-24-3/h6-9H,4-5,10-13H2,1-3H3,(H,20,22)/t26-/m0/s1. The first-order valence-electron chi connectivity index (χ1n) is 8.69. The molecule has 2 rings (SSSR count). The first-order chi connectivity index (χ1) is 12.5. The van der Waals surface area contributed by atoms with Crippen LogP contribution in [0, 0.1) is 6.92 Å². The molecule has 0 saturated heterocycles. The molecule has 0 aliphatic carbocycles. The first kappa shape index (κ1) is 20.3. The van der Waals surface area contributed by atoms with Crippen molar-refractivity contribution in [3.8, 4) is 11.5 Å². The van der Waals surface area contributed by atoms with Gasteiger partial charge in [-0.05, 0) is 37.5 Å². The van der Waals surface area contributed by atoms with E-state index >= 15 is 0 Å². The highest BCUT2D eigenvalue weighted by molar-refractivity contribution is 7.84. The van der Waals surface area contributed by atoms with E-state index in [9.17, 15) is 9.00 Å². The lowest BCUT2D eigenvalue weighted by Crippen LogP contribution is -2.30. The van der Waals surface area contributed by atoms with E-state index in [4.69, 9.17) is 9.15 Å². The lowest BCUT2D eigenvalue weighted by atomic mass is 10.1. The number of carbonyl (C=O) groups excluding carboxylic acids is 1. The minimum atomic E-state index is -1.33. The molecule has 0 bridgehead atoms. The van der Waals surface area contributed by atoms with Gasteiger partial charge in [0.1, 0.15) is 11.5 Å². The molecule has 0 unspecified atom stereocenters. The monoisotopic (exact) mass is 378 g/mol. The van der Waals surface area contributed by atoms with E-state index in [-0.39, 0.29) is 17.4 Å². The van der Waals surface area contributed by atoms with Crippen LogP contribution in [0.25, 0.3) is 11.5 Å². The number of hydrogen-bond donors (Lipinski definition) is 1. The Balaban J connectivity index is 1.91. The van der Waals surface area contributed by atoms with Crippen molar-refractivity contribution >= 4 is 16.7 Å². The van der Waals surface area contributed by atoms with Crippen molar-refractivity contribution in [3.63, 3.8) is 0 Å². The summed E-state index contributed by atoms with van der Waals surface area (Å²) in [4.78, 5) is 16.3. The number of aryl methyl sites for hydroxylation is 2. The summed E-state index contributed by atoms with van der Waals surface area (Å²) in [6.45, 7) is 5.01. The molecule has 7 heteroatoms. The van der Waals surface area contributed by atoms with Crippen molar-refractivity contribution in [2.75, 3.05) is 26.0 Å². The normalized spacial score (nSPS) is 12.1. The number of methoxy groups -OCH3 is 1. The molecular formula is C19H26N2O4S. The van der Waals surface area contributed by atoms with Crippen LogP contribution in [0.5, 0.6) is 0 Å². The van der Waals surface area contributed by atoms with E-state index in [1.807, 2.05) is 24.3 Å². The molecule has 0 spiro atoms. The molecule has 0 radical (unpaired) electrons. The minimum Gasteiger partial charge on any atom is -0.441 e. The van der Waals surface area contributed by atoms with Crippen molar-refractivity contribution in [2.45, 2.75) is 32.4 Å². The number of hydrogen-bond acceptors (Lipinski definition) is 5. The average molecular weight is 378 g/mol. The van der Waals surface area contributed by atoms with Crippen LogP contribution in [0.1, 0.15) is 30.4 Å². The van der Waals surface area contributed by atoms with Gasteiger partial charge in [0.2, 0.25) is 11.8 Å². The highest BCUT2D eigenvalue weighted by Crippen LogP contribution is 2.23. The minimum absolute atomic E-state index is 0.0419. The van der Waals surface area contributed by atoms with E-state index in [0.717, 1.165) is 18.4 Å². The Bertz CT molecular complexity index is 740. The zero-order chi connectivity index (χ0) is 18.9. The van der Waals surface area contributed by atoms with Crippen LogP contribution in [0.4, 0.5) is 0 Å². The van der Waals surface area contributed by atoms with E-state index in [0.29, 0.717) is 30.5 Å². The third kappa shape index (κ3) is 6.07. The van der Waals surface area contributed by atoms with Gasteiger partial charge in [-0.15, -0.1) is 0 Å². The summed E-state index contributed by atoms with van der Waals surface area (Å²) in [5.41, 5.74) is 2.76. The molecule has 142 valence electrons. The fraction of sp³-hybridized carbons (Fsp3) is 0.474. The molecule has 0 aliphatic heterocycles. The summed E-state index contributed by atoms with van der Waals surface area (Å²) in [5, 5.41) is 2.73. The van der Waals surface area contributed by atoms with Gasteiger partial charge >= 0.3 is 0 Å². The summed E-state index contributed by atoms with van der Waals surface area (Å²) in [7, 11) is 0.282. The smallest absolute Gasteiger partial charge is 0.232 e. The van der Waals surface area contributed by atoms with Crippen molar-refractivity contribution in [3.05, 3.63) is 41.3 Å². The maximum absolute atomic E-state index is 12.2. The largest absolute Gasteiger partial charge is 0.441 e. The van der Waals surface area contributed by atoms with Crippen LogP contribution in [-0.4, -0.2) is 41.1 Å². The number of carbonyl (C=O) groups is 1. The Kier molecular flexibility index (Phi) is 8.00. The third-order valence-corrected chi connectivity index (χ3v) is 5.12. The average Bonchev–Trinajstić information content (AvgIpc) is 2.99. The zero-order valence-electron chi connectivity index (χ0n) is 15.5. The second-order valence-corrected chi connectivity index (χ2v) is 7.45. The predicted octanol–water partition coefficient (Wildman–Crippen LogP) is 2.61. The second kappa shape index (κ2) is 10.2. The first-order valence-corrected chi connectivity index (χ1v) is 10.2. The van der Waals surface area contributed by atoms with Crippen LogP contribution in [0.3, 0.4) is 0 Å². The van der Waals surface area contributed by atoms with E-state index in [1.54, 1.807) is 14.0 Å². The number of ether oxygens (including phenoxy) is 1.